The Hall–Kier alpha value is -3.70. The number of hydrogen-bond acceptors (Lipinski definition) is 7. The monoisotopic (exact) mass is 366 g/mol. The van der Waals surface area contributed by atoms with E-state index in [2.05, 4.69) is 0 Å². The minimum absolute atomic E-state index is 0.0321. The summed E-state index contributed by atoms with van der Waals surface area (Å²) < 4.78 is 15.7. The molecule has 0 N–H and O–H groups in total. The van der Waals surface area contributed by atoms with Gasteiger partial charge in [0.05, 0.1) is 23.2 Å². The Labute approximate surface area is 154 Å². The van der Waals surface area contributed by atoms with Crippen LogP contribution >= 0.6 is 0 Å². The maximum Gasteiger partial charge on any atom is 0.331 e. The maximum atomic E-state index is 11.9. The SMILES string of the molecule is N#Cc1ccc(/C=C/C(=O)OCc2cc([N+](=O)[O-])cc3c2OCOC3)cc1. The Morgan fingerprint density at radius 2 is 2.11 bits per heavy atom. The highest BCUT2D eigenvalue weighted by Crippen LogP contribution is 2.33. The molecule has 8 heteroatoms. The highest BCUT2D eigenvalue weighted by Gasteiger charge is 2.21. The Kier molecular flexibility index (Phi) is 5.44. The molecule has 0 saturated carbocycles. The van der Waals surface area contributed by atoms with Crippen LogP contribution in [-0.2, 0) is 27.5 Å². The second-order valence-corrected chi connectivity index (χ2v) is 5.64. The molecule has 0 aliphatic carbocycles. The van der Waals surface area contributed by atoms with Crippen molar-refractivity contribution in [3.8, 4) is 11.8 Å². The van der Waals surface area contributed by atoms with E-state index in [1.165, 1.54) is 18.2 Å². The van der Waals surface area contributed by atoms with Crippen LogP contribution in [0, 0.1) is 21.4 Å². The maximum absolute atomic E-state index is 11.9. The number of non-ortho nitro benzene ring substituents is 1. The van der Waals surface area contributed by atoms with Gasteiger partial charge in [0, 0.05) is 29.3 Å². The predicted octanol–water partition coefficient (Wildman–Crippen LogP) is 3.09. The molecule has 1 aliphatic heterocycles. The number of nitriles is 1. The molecule has 0 saturated heterocycles. The third-order valence-electron chi connectivity index (χ3n) is 3.80. The van der Waals surface area contributed by atoms with Crippen molar-refractivity contribution in [1.82, 2.24) is 0 Å². The Bertz CT molecular complexity index is 944. The zero-order valence-electron chi connectivity index (χ0n) is 14.1. The van der Waals surface area contributed by atoms with Gasteiger partial charge in [0.15, 0.2) is 6.79 Å². The van der Waals surface area contributed by atoms with Gasteiger partial charge in [-0.05, 0) is 23.8 Å². The van der Waals surface area contributed by atoms with Gasteiger partial charge in [-0.25, -0.2) is 4.79 Å². The van der Waals surface area contributed by atoms with Crippen LogP contribution in [0.4, 0.5) is 5.69 Å². The smallest absolute Gasteiger partial charge is 0.331 e. The van der Waals surface area contributed by atoms with Gasteiger partial charge in [0.1, 0.15) is 12.4 Å². The number of ether oxygens (including phenoxy) is 3. The van der Waals surface area contributed by atoms with Crippen LogP contribution in [0.2, 0.25) is 0 Å². The highest BCUT2D eigenvalue weighted by atomic mass is 16.7. The molecule has 0 atom stereocenters. The zero-order valence-corrected chi connectivity index (χ0v) is 14.1. The van der Waals surface area contributed by atoms with Crippen LogP contribution < -0.4 is 4.74 Å². The van der Waals surface area contributed by atoms with Crippen molar-refractivity contribution in [2.45, 2.75) is 13.2 Å². The van der Waals surface area contributed by atoms with E-state index in [-0.39, 0.29) is 25.7 Å². The summed E-state index contributed by atoms with van der Waals surface area (Å²) in [4.78, 5) is 22.5. The van der Waals surface area contributed by atoms with Crippen LogP contribution in [-0.4, -0.2) is 17.7 Å². The van der Waals surface area contributed by atoms with Crippen molar-refractivity contribution in [1.29, 1.82) is 5.26 Å². The van der Waals surface area contributed by atoms with E-state index >= 15 is 0 Å². The molecule has 27 heavy (non-hydrogen) atoms. The van der Waals surface area contributed by atoms with Crippen molar-refractivity contribution in [3.05, 3.63) is 74.8 Å². The standard InChI is InChI=1S/C19H14N2O6/c20-9-14-3-1-13(2-4-14)5-6-18(22)26-11-16-8-17(21(23)24)7-15-10-25-12-27-19(15)16/h1-8H,10-12H2/b6-5+. The molecule has 0 fully saturated rings. The summed E-state index contributed by atoms with van der Waals surface area (Å²) in [6, 6.07) is 11.4. The molecule has 1 aliphatic rings. The fraction of sp³-hybridized carbons (Fsp3) is 0.158. The summed E-state index contributed by atoms with van der Waals surface area (Å²) in [5.41, 5.74) is 2.08. The van der Waals surface area contributed by atoms with E-state index in [0.717, 1.165) is 5.56 Å². The van der Waals surface area contributed by atoms with Crippen molar-refractivity contribution < 1.29 is 23.9 Å². The first-order valence-electron chi connectivity index (χ1n) is 7.92. The lowest BCUT2D eigenvalue weighted by molar-refractivity contribution is -0.385. The van der Waals surface area contributed by atoms with E-state index in [4.69, 9.17) is 19.5 Å². The summed E-state index contributed by atoms with van der Waals surface area (Å²) in [6.07, 6.45) is 2.80. The molecule has 0 aromatic heterocycles. The molecule has 0 amide bonds. The van der Waals surface area contributed by atoms with E-state index in [1.807, 2.05) is 6.07 Å². The number of nitro benzene ring substituents is 1. The van der Waals surface area contributed by atoms with Gasteiger partial charge in [-0.2, -0.15) is 5.26 Å². The van der Waals surface area contributed by atoms with E-state index in [9.17, 15) is 14.9 Å². The molecule has 0 unspecified atom stereocenters. The molecule has 0 radical (unpaired) electrons. The molecule has 136 valence electrons. The number of carbonyl (C=O) groups excluding carboxylic acids is 1. The number of rotatable bonds is 5. The minimum Gasteiger partial charge on any atom is -0.467 e. The Morgan fingerprint density at radius 1 is 1.33 bits per heavy atom. The average molecular weight is 366 g/mol. The zero-order chi connectivity index (χ0) is 19.2. The minimum atomic E-state index is -0.605. The second-order valence-electron chi connectivity index (χ2n) is 5.64. The first-order chi connectivity index (χ1) is 13.1. The largest absolute Gasteiger partial charge is 0.467 e. The van der Waals surface area contributed by atoms with E-state index in [1.54, 1.807) is 30.3 Å². The Morgan fingerprint density at radius 3 is 2.81 bits per heavy atom. The van der Waals surface area contributed by atoms with Gasteiger partial charge < -0.3 is 14.2 Å². The lowest BCUT2D eigenvalue weighted by Crippen LogP contribution is -2.14. The molecule has 0 bridgehead atoms. The van der Waals surface area contributed by atoms with Gasteiger partial charge in [-0.15, -0.1) is 0 Å². The quantitative estimate of drug-likeness (QED) is 0.346. The number of nitrogens with zero attached hydrogens (tertiary/aromatic N) is 2. The number of carbonyl (C=O) groups is 1. The van der Waals surface area contributed by atoms with E-state index < -0.39 is 10.9 Å². The summed E-state index contributed by atoms with van der Waals surface area (Å²) in [5, 5.41) is 19.8. The summed E-state index contributed by atoms with van der Waals surface area (Å²) in [6.45, 7) is 0.0570. The molecule has 0 spiro atoms. The predicted molar refractivity (Wildman–Crippen MR) is 93.4 cm³/mol. The van der Waals surface area contributed by atoms with Crippen LogP contribution in [0.25, 0.3) is 6.08 Å². The highest BCUT2D eigenvalue weighted by molar-refractivity contribution is 5.87. The van der Waals surface area contributed by atoms with Crippen molar-refractivity contribution >= 4 is 17.7 Å². The molecular weight excluding hydrogens is 352 g/mol. The van der Waals surface area contributed by atoms with Gasteiger partial charge in [0.25, 0.3) is 5.69 Å². The molecule has 3 rings (SSSR count). The fourth-order valence-corrected chi connectivity index (χ4v) is 2.52. The lowest BCUT2D eigenvalue weighted by atomic mass is 10.1. The van der Waals surface area contributed by atoms with Gasteiger partial charge in [-0.1, -0.05) is 12.1 Å². The number of nitro groups is 1. The average Bonchev–Trinajstić information content (AvgIpc) is 2.70. The molecule has 1 heterocycles. The third-order valence-corrected chi connectivity index (χ3v) is 3.80. The first-order valence-corrected chi connectivity index (χ1v) is 7.92. The van der Waals surface area contributed by atoms with Crippen LogP contribution in [0.5, 0.6) is 5.75 Å². The number of benzene rings is 2. The topological polar surface area (TPSA) is 112 Å². The summed E-state index contributed by atoms with van der Waals surface area (Å²) >= 11 is 0. The first kappa shape index (κ1) is 18.1. The van der Waals surface area contributed by atoms with Crippen LogP contribution in [0.15, 0.2) is 42.5 Å². The number of fused-ring (bicyclic) bond motifs is 1. The third kappa shape index (κ3) is 4.48. The van der Waals surface area contributed by atoms with E-state index in [0.29, 0.717) is 22.4 Å². The normalized spacial score (nSPS) is 12.7. The van der Waals surface area contributed by atoms with Crippen LogP contribution in [0.1, 0.15) is 22.3 Å². The molecule has 2 aromatic rings. The number of hydrogen-bond donors (Lipinski definition) is 0. The van der Waals surface area contributed by atoms with Crippen molar-refractivity contribution in [3.63, 3.8) is 0 Å². The van der Waals surface area contributed by atoms with Crippen molar-refractivity contribution in [2.75, 3.05) is 6.79 Å². The summed E-state index contributed by atoms with van der Waals surface area (Å²) in [5.74, 6) is -0.164. The fourth-order valence-electron chi connectivity index (χ4n) is 2.52. The Balaban J connectivity index is 1.69. The van der Waals surface area contributed by atoms with Gasteiger partial charge in [0.2, 0.25) is 0 Å². The molecule has 2 aromatic carbocycles. The van der Waals surface area contributed by atoms with Crippen molar-refractivity contribution in [2.24, 2.45) is 0 Å². The number of esters is 1. The van der Waals surface area contributed by atoms with Crippen LogP contribution in [0.3, 0.4) is 0 Å². The van der Waals surface area contributed by atoms with Gasteiger partial charge >= 0.3 is 5.97 Å². The molecular formula is C19H14N2O6. The molecule has 8 nitrogen and oxygen atoms in total. The van der Waals surface area contributed by atoms with Gasteiger partial charge in [-0.3, -0.25) is 10.1 Å². The second kappa shape index (κ2) is 8.12. The lowest BCUT2D eigenvalue weighted by Gasteiger charge is -2.20. The summed E-state index contributed by atoms with van der Waals surface area (Å²) in [7, 11) is 0.